The van der Waals surface area contributed by atoms with E-state index in [0.29, 0.717) is 11.5 Å². The Morgan fingerprint density at radius 3 is 1.12 bits per heavy atom. The molecule has 58 heavy (non-hydrogen) atoms. The molecular formula is C45H78Cl2N2O9. The highest BCUT2D eigenvalue weighted by Gasteiger charge is 2.32. The monoisotopic (exact) mass is 861 g/mol. The standard InChI is InChI=1S/C22H37NO4.C18H34O2.C4H5NO3.CH2Cl2/c1-2-3-4-5-6-7-8-9-10-11-12-13-14-15-16-17-22(26)27-23-20(24)18-19-21(23)25;1-2-3-4-5-6-7-8-9-10-11-12-13-14-15-16-17-18(19)20;6-3-1-2-4(7)5(3)8;2-1-3/h9-10H,2-8,11-19H2,1H3;9-10H,2-8,11-17H2,1H3,(H,19,20);8H,1-2H2;1H2/b2*10-9-;;. The molecule has 0 spiro atoms. The molecule has 2 aliphatic rings. The van der Waals surface area contributed by atoms with Gasteiger partial charge in [-0.15, -0.1) is 28.3 Å². The number of alkyl halides is 2. The molecule has 2 saturated heterocycles. The van der Waals surface area contributed by atoms with Crippen LogP contribution in [0.3, 0.4) is 0 Å². The van der Waals surface area contributed by atoms with Crippen LogP contribution in [0.25, 0.3) is 0 Å². The fourth-order valence-corrected chi connectivity index (χ4v) is 6.06. The molecule has 0 saturated carbocycles. The minimum absolute atomic E-state index is 0.138. The van der Waals surface area contributed by atoms with Gasteiger partial charge in [-0.1, -0.05) is 141 Å². The summed E-state index contributed by atoms with van der Waals surface area (Å²) in [6.45, 7) is 4.51. The van der Waals surface area contributed by atoms with E-state index >= 15 is 0 Å². The van der Waals surface area contributed by atoms with Crippen LogP contribution in [0.1, 0.15) is 219 Å². The maximum absolute atomic E-state index is 11.6. The molecule has 0 aromatic heterocycles. The Kier molecular flexibility index (Phi) is 43.3. The fourth-order valence-electron chi connectivity index (χ4n) is 6.06. The molecule has 13 heteroatoms. The summed E-state index contributed by atoms with van der Waals surface area (Å²) < 4.78 is 0. The quantitative estimate of drug-likeness (QED) is 0.0227. The summed E-state index contributed by atoms with van der Waals surface area (Å²) in [5, 5.41) is 17.9. The second-order valence-electron chi connectivity index (χ2n) is 14.8. The maximum atomic E-state index is 11.6. The third-order valence-electron chi connectivity index (χ3n) is 9.52. The second kappa shape index (κ2) is 43.8. The van der Waals surface area contributed by atoms with Crippen molar-refractivity contribution in [2.45, 2.75) is 219 Å². The lowest BCUT2D eigenvalue weighted by molar-refractivity contribution is -0.197. The predicted octanol–water partition coefficient (Wildman–Crippen LogP) is 12.7. The Morgan fingerprint density at radius 2 is 0.810 bits per heavy atom. The van der Waals surface area contributed by atoms with Crippen LogP contribution in [0, 0.1) is 0 Å². The van der Waals surface area contributed by atoms with Crippen molar-refractivity contribution >= 4 is 58.8 Å². The van der Waals surface area contributed by atoms with E-state index < -0.39 is 35.6 Å². The normalized spacial score (nSPS) is 13.7. The van der Waals surface area contributed by atoms with Crippen molar-refractivity contribution in [3.63, 3.8) is 0 Å². The lowest BCUT2D eigenvalue weighted by Gasteiger charge is -2.12. The molecule has 0 aromatic rings. The van der Waals surface area contributed by atoms with Gasteiger partial charge >= 0.3 is 11.9 Å². The molecule has 11 nitrogen and oxygen atoms in total. The van der Waals surface area contributed by atoms with Gasteiger partial charge in [0.2, 0.25) is 0 Å². The van der Waals surface area contributed by atoms with Crippen LogP contribution in [-0.4, -0.2) is 61.3 Å². The molecule has 2 aliphatic heterocycles. The third kappa shape index (κ3) is 38.7. The number of rotatable bonds is 31. The Bertz CT molecular complexity index is 1100. The molecule has 336 valence electrons. The van der Waals surface area contributed by atoms with Crippen LogP contribution < -0.4 is 0 Å². The van der Waals surface area contributed by atoms with Gasteiger partial charge in [-0.3, -0.25) is 29.2 Å². The van der Waals surface area contributed by atoms with Crippen LogP contribution >= 0.6 is 23.2 Å². The number of carbonyl (C=O) groups excluding carboxylic acids is 5. The van der Waals surface area contributed by atoms with Crippen molar-refractivity contribution in [2.24, 2.45) is 0 Å². The molecule has 4 amide bonds. The van der Waals surface area contributed by atoms with Crippen molar-refractivity contribution in [1.29, 1.82) is 0 Å². The number of unbranched alkanes of at least 4 members (excludes halogenated alkanes) is 22. The van der Waals surface area contributed by atoms with Gasteiger partial charge in [-0.2, -0.15) is 5.06 Å². The van der Waals surface area contributed by atoms with Gasteiger partial charge in [-0.05, 0) is 64.2 Å². The van der Waals surface area contributed by atoms with Crippen LogP contribution in [-0.2, 0) is 33.6 Å². The van der Waals surface area contributed by atoms with Gasteiger partial charge in [0.15, 0.2) is 0 Å². The summed E-state index contributed by atoms with van der Waals surface area (Å²) in [4.78, 5) is 70.0. The minimum atomic E-state index is -0.664. The number of imide groups is 2. The lowest BCUT2D eigenvalue weighted by atomic mass is 10.1. The van der Waals surface area contributed by atoms with Crippen LogP contribution in [0.4, 0.5) is 0 Å². The van der Waals surface area contributed by atoms with Gasteiger partial charge in [0.1, 0.15) is 0 Å². The summed E-state index contributed by atoms with van der Waals surface area (Å²) in [5.74, 6) is -3.00. The van der Waals surface area contributed by atoms with E-state index in [0.717, 1.165) is 38.5 Å². The van der Waals surface area contributed by atoms with Crippen LogP contribution in [0.5, 0.6) is 0 Å². The maximum Gasteiger partial charge on any atom is 0.333 e. The molecule has 0 atom stereocenters. The zero-order valence-corrected chi connectivity index (χ0v) is 37.6. The largest absolute Gasteiger partial charge is 0.481 e. The van der Waals surface area contributed by atoms with Gasteiger partial charge in [0.25, 0.3) is 23.6 Å². The first-order valence-electron chi connectivity index (χ1n) is 22.3. The summed E-state index contributed by atoms with van der Waals surface area (Å²) in [6, 6.07) is 0. The number of hydroxylamine groups is 4. The molecule has 0 radical (unpaired) electrons. The van der Waals surface area contributed by atoms with E-state index in [4.69, 9.17) is 38.4 Å². The Balaban J connectivity index is 0. The van der Waals surface area contributed by atoms with E-state index in [1.165, 1.54) is 128 Å². The SMILES string of the molecule is CCCCCCCC/C=C\CCCCCCCC(=O)O.CCCCCCCC/C=C\CCCCCCCC(=O)ON1C(=O)CCC1=O.ClCCl.O=C1CCC(=O)N1O. The second-order valence-corrected chi connectivity index (χ2v) is 15.6. The molecule has 0 unspecified atom stereocenters. The van der Waals surface area contributed by atoms with Gasteiger partial charge in [0, 0.05) is 38.5 Å². The summed E-state index contributed by atoms with van der Waals surface area (Å²) >= 11 is 9.53. The van der Waals surface area contributed by atoms with E-state index in [9.17, 15) is 28.8 Å². The van der Waals surface area contributed by atoms with Gasteiger partial charge in [-0.25, -0.2) is 4.79 Å². The summed E-state index contributed by atoms with van der Waals surface area (Å²) in [5.41, 5.74) is 0. The van der Waals surface area contributed by atoms with E-state index in [-0.39, 0.29) is 42.5 Å². The highest BCUT2D eigenvalue weighted by Crippen LogP contribution is 2.15. The first kappa shape index (κ1) is 57.3. The number of aliphatic carboxylic acids is 1. The number of allylic oxidation sites excluding steroid dienone is 4. The van der Waals surface area contributed by atoms with Crippen LogP contribution in [0.2, 0.25) is 0 Å². The summed E-state index contributed by atoms with van der Waals surface area (Å²) in [7, 11) is 0. The zero-order chi connectivity index (χ0) is 43.5. The number of amides is 4. The summed E-state index contributed by atoms with van der Waals surface area (Å²) in [6.07, 6.45) is 42.3. The molecule has 0 bridgehead atoms. The van der Waals surface area contributed by atoms with Gasteiger partial charge < -0.3 is 9.94 Å². The van der Waals surface area contributed by atoms with Crippen molar-refractivity contribution in [3.05, 3.63) is 24.3 Å². The number of hydrogen-bond donors (Lipinski definition) is 2. The molecule has 2 rings (SSSR count). The molecule has 2 heterocycles. The molecular weight excluding hydrogens is 783 g/mol. The Labute approximate surface area is 360 Å². The first-order valence-corrected chi connectivity index (χ1v) is 23.4. The molecule has 0 aliphatic carbocycles. The van der Waals surface area contributed by atoms with Crippen LogP contribution in [0.15, 0.2) is 24.3 Å². The topological polar surface area (TPSA) is 159 Å². The average molecular weight is 862 g/mol. The number of carboxylic acids is 1. The first-order chi connectivity index (χ1) is 28.0. The fraction of sp³-hybridized carbons (Fsp3) is 0.778. The number of halogens is 2. The van der Waals surface area contributed by atoms with Crippen molar-refractivity contribution in [1.82, 2.24) is 10.1 Å². The number of hydrogen-bond acceptors (Lipinski definition) is 8. The van der Waals surface area contributed by atoms with Crippen molar-refractivity contribution in [2.75, 3.05) is 5.34 Å². The third-order valence-corrected chi connectivity index (χ3v) is 9.52. The van der Waals surface area contributed by atoms with Crippen molar-refractivity contribution in [3.8, 4) is 0 Å². The van der Waals surface area contributed by atoms with Crippen molar-refractivity contribution < 1.29 is 43.9 Å². The average Bonchev–Trinajstić information content (AvgIpc) is 3.68. The van der Waals surface area contributed by atoms with E-state index in [2.05, 4.69) is 38.2 Å². The van der Waals surface area contributed by atoms with E-state index in [1.807, 2.05) is 0 Å². The molecule has 2 fully saturated rings. The minimum Gasteiger partial charge on any atom is -0.481 e. The smallest absolute Gasteiger partial charge is 0.333 e. The Morgan fingerprint density at radius 1 is 0.517 bits per heavy atom. The Hall–Kier alpha value is -2.76. The van der Waals surface area contributed by atoms with Gasteiger partial charge in [0.05, 0.1) is 5.34 Å². The highest BCUT2D eigenvalue weighted by molar-refractivity contribution is 6.40. The predicted molar refractivity (Wildman–Crippen MR) is 233 cm³/mol. The highest BCUT2D eigenvalue weighted by atomic mass is 35.5. The number of nitrogens with zero attached hydrogens (tertiary/aromatic N) is 2. The number of carboxylic acid groups (broad SMARTS) is 1. The van der Waals surface area contributed by atoms with E-state index in [1.54, 1.807) is 0 Å². The zero-order valence-electron chi connectivity index (χ0n) is 36.0. The molecule has 0 aromatic carbocycles. The number of carbonyl (C=O) groups is 6. The molecule has 2 N–H and O–H groups in total. The lowest BCUT2D eigenvalue weighted by Crippen LogP contribution is -2.31.